The van der Waals surface area contributed by atoms with Gasteiger partial charge in [-0.3, -0.25) is 14.4 Å². The van der Waals surface area contributed by atoms with Gasteiger partial charge in [-0.1, -0.05) is 127 Å². The van der Waals surface area contributed by atoms with Gasteiger partial charge in [0, 0.05) is 23.3 Å². The van der Waals surface area contributed by atoms with Crippen LogP contribution in [0.4, 0.5) is 0 Å². The molecule has 0 radical (unpaired) electrons. The fourth-order valence-electron chi connectivity index (χ4n) is 3.81. The Morgan fingerprint density at radius 1 is 0.711 bits per heavy atom. The summed E-state index contributed by atoms with van der Waals surface area (Å²) in [4.78, 5) is 50.9. The number of hydrogen-bond acceptors (Lipinski definition) is 6. The van der Waals surface area contributed by atoms with Crippen LogP contribution in [0.3, 0.4) is 0 Å². The zero-order valence-corrected chi connectivity index (χ0v) is 21.9. The number of hydrogen-bond donors (Lipinski definition) is 2. The molecule has 38 heavy (non-hydrogen) atoms. The number of nitrogens with one attached hydrogen (secondary N) is 1. The zero-order chi connectivity index (χ0) is 26.9. The van der Waals surface area contributed by atoms with Crippen molar-refractivity contribution in [2.75, 3.05) is 5.75 Å². The highest BCUT2D eigenvalue weighted by Crippen LogP contribution is 2.24. The summed E-state index contributed by atoms with van der Waals surface area (Å²) in [7, 11) is 0. The van der Waals surface area contributed by atoms with Crippen molar-refractivity contribution >= 4 is 56.4 Å². The summed E-state index contributed by atoms with van der Waals surface area (Å²) in [6.45, 7) is 0. The predicted molar refractivity (Wildman–Crippen MR) is 153 cm³/mol. The molecule has 0 fully saturated rings. The van der Waals surface area contributed by atoms with E-state index in [9.17, 15) is 24.3 Å². The van der Waals surface area contributed by atoms with Crippen LogP contribution >= 0.6 is 23.5 Å². The molecule has 2 unspecified atom stereocenters. The Morgan fingerprint density at radius 2 is 1.29 bits per heavy atom. The number of carbonyl (C=O) groups excluding carboxylic acids is 3. The van der Waals surface area contributed by atoms with Gasteiger partial charge in [0.05, 0.1) is 0 Å². The van der Waals surface area contributed by atoms with Crippen LogP contribution in [0.25, 0.3) is 10.8 Å². The molecule has 2 atom stereocenters. The van der Waals surface area contributed by atoms with E-state index in [1.807, 2.05) is 42.5 Å². The second-order valence-corrected chi connectivity index (χ2v) is 10.7. The number of rotatable bonds is 10. The summed E-state index contributed by atoms with van der Waals surface area (Å²) in [5.74, 6) is -1.79. The van der Waals surface area contributed by atoms with Crippen molar-refractivity contribution < 1.29 is 24.3 Å². The maximum atomic E-state index is 13.3. The van der Waals surface area contributed by atoms with Crippen LogP contribution in [-0.2, 0) is 16.0 Å². The summed E-state index contributed by atoms with van der Waals surface area (Å²) in [6.07, 6.45) is 0.0754. The molecule has 0 aromatic heterocycles. The van der Waals surface area contributed by atoms with E-state index < -0.39 is 23.2 Å². The van der Waals surface area contributed by atoms with E-state index in [1.165, 1.54) is 0 Å². The molecule has 0 saturated carbocycles. The Balaban J connectivity index is 1.49. The Labute approximate surface area is 228 Å². The van der Waals surface area contributed by atoms with Crippen LogP contribution in [0.5, 0.6) is 0 Å². The van der Waals surface area contributed by atoms with Crippen molar-refractivity contribution in [3.8, 4) is 0 Å². The average molecular weight is 544 g/mol. The SMILES string of the molecule is O=C(SCC(SC(=O)c1ccccc1)C(=O)NC(Cc1ccc2ccccc2c1)C(=O)O)c1ccccc1. The molecule has 0 heterocycles. The fourth-order valence-corrected chi connectivity index (χ4v) is 5.75. The topological polar surface area (TPSA) is 101 Å². The minimum absolute atomic E-state index is 0.00507. The molecule has 8 heteroatoms. The molecule has 0 spiro atoms. The van der Waals surface area contributed by atoms with E-state index in [0.717, 1.165) is 39.9 Å². The van der Waals surface area contributed by atoms with Crippen LogP contribution in [-0.4, -0.2) is 44.3 Å². The van der Waals surface area contributed by atoms with Gasteiger partial charge in [0.2, 0.25) is 16.1 Å². The molecule has 0 aliphatic heterocycles. The number of thioether (sulfide) groups is 2. The highest BCUT2D eigenvalue weighted by Gasteiger charge is 2.29. The molecule has 192 valence electrons. The van der Waals surface area contributed by atoms with Crippen molar-refractivity contribution in [1.82, 2.24) is 5.32 Å². The molecule has 4 rings (SSSR count). The monoisotopic (exact) mass is 543 g/mol. The van der Waals surface area contributed by atoms with Gasteiger partial charge in [-0.25, -0.2) is 4.79 Å². The molecule has 4 aromatic rings. The highest BCUT2D eigenvalue weighted by molar-refractivity contribution is 8.18. The van der Waals surface area contributed by atoms with E-state index in [2.05, 4.69) is 5.32 Å². The van der Waals surface area contributed by atoms with Crippen LogP contribution in [0.15, 0.2) is 103 Å². The maximum absolute atomic E-state index is 13.3. The third-order valence-electron chi connectivity index (χ3n) is 5.79. The average Bonchev–Trinajstić information content (AvgIpc) is 2.95. The number of fused-ring (bicyclic) bond motifs is 1. The van der Waals surface area contributed by atoms with Gasteiger partial charge in [0.1, 0.15) is 11.3 Å². The first kappa shape index (κ1) is 27.2. The van der Waals surface area contributed by atoms with Gasteiger partial charge in [0.15, 0.2) is 0 Å². The lowest BCUT2D eigenvalue weighted by atomic mass is 10.0. The van der Waals surface area contributed by atoms with Crippen molar-refractivity contribution in [1.29, 1.82) is 0 Å². The number of benzene rings is 4. The van der Waals surface area contributed by atoms with Crippen molar-refractivity contribution in [2.45, 2.75) is 17.7 Å². The van der Waals surface area contributed by atoms with Crippen LogP contribution in [0, 0.1) is 0 Å². The van der Waals surface area contributed by atoms with E-state index in [0.29, 0.717) is 11.1 Å². The molecule has 0 aliphatic carbocycles. The zero-order valence-electron chi connectivity index (χ0n) is 20.3. The van der Waals surface area contributed by atoms with Crippen molar-refractivity contribution in [3.63, 3.8) is 0 Å². The third kappa shape index (κ3) is 7.34. The molecule has 0 saturated heterocycles. The predicted octanol–water partition coefficient (Wildman–Crippen LogP) is 5.47. The molecular formula is C30H25NO5S2. The quantitative estimate of drug-likeness (QED) is 0.274. The van der Waals surface area contributed by atoms with Gasteiger partial charge >= 0.3 is 5.97 Å². The Kier molecular flexibility index (Phi) is 9.35. The maximum Gasteiger partial charge on any atom is 0.326 e. The highest BCUT2D eigenvalue weighted by atomic mass is 32.2. The van der Waals surface area contributed by atoms with Gasteiger partial charge in [-0.2, -0.15) is 0 Å². The van der Waals surface area contributed by atoms with E-state index in [1.54, 1.807) is 60.7 Å². The second kappa shape index (κ2) is 13.1. The van der Waals surface area contributed by atoms with E-state index >= 15 is 0 Å². The number of carboxylic acids is 1. The van der Waals surface area contributed by atoms with Crippen LogP contribution in [0.1, 0.15) is 26.3 Å². The minimum Gasteiger partial charge on any atom is -0.480 e. The first-order chi connectivity index (χ1) is 18.4. The van der Waals surface area contributed by atoms with Crippen LogP contribution in [0.2, 0.25) is 0 Å². The largest absolute Gasteiger partial charge is 0.480 e. The molecule has 1 amide bonds. The molecule has 0 aliphatic rings. The van der Waals surface area contributed by atoms with Gasteiger partial charge < -0.3 is 10.4 Å². The molecule has 4 aromatic carbocycles. The molecule has 0 bridgehead atoms. The minimum atomic E-state index is -1.20. The van der Waals surface area contributed by atoms with E-state index in [4.69, 9.17) is 0 Å². The summed E-state index contributed by atoms with van der Waals surface area (Å²) >= 11 is 1.71. The number of carbonyl (C=O) groups is 4. The Bertz CT molecular complexity index is 1440. The lowest BCUT2D eigenvalue weighted by molar-refractivity contribution is -0.141. The third-order valence-corrected chi connectivity index (χ3v) is 8.12. The molecule has 2 N–H and O–H groups in total. The fraction of sp³-hybridized carbons (Fsp3) is 0.133. The lowest BCUT2D eigenvalue weighted by Gasteiger charge is -2.20. The van der Waals surface area contributed by atoms with Crippen LogP contribution < -0.4 is 5.32 Å². The summed E-state index contributed by atoms with van der Waals surface area (Å²) in [5, 5.41) is 12.9. The summed E-state index contributed by atoms with van der Waals surface area (Å²) < 4.78 is 0. The molecule has 6 nitrogen and oxygen atoms in total. The van der Waals surface area contributed by atoms with Gasteiger partial charge in [0.25, 0.3) is 0 Å². The van der Waals surface area contributed by atoms with Gasteiger partial charge in [-0.05, 0) is 16.3 Å². The standard InChI is InChI=1S/C30H25NO5S2/c32-27(31-25(28(33)34)18-20-15-16-21-9-7-8-14-24(21)17-20)26(38-30(36)23-12-5-2-6-13-23)19-37-29(35)22-10-3-1-4-11-22/h1-17,25-26H,18-19H2,(H,31,32)(H,33,34). The number of amides is 1. The Hall–Kier alpha value is -3.88. The van der Waals surface area contributed by atoms with Crippen molar-refractivity contribution in [3.05, 3.63) is 120 Å². The van der Waals surface area contributed by atoms with Gasteiger partial charge in [-0.15, -0.1) is 0 Å². The normalized spacial score (nSPS) is 12.4. The lowest BCUT2D eigenvalue weighted by Crippen LogP contribution is -2.46. The van der Waals surface area contributed by atoms with E-state index in [-0.39, 0.29) is 22.4 Å². The summed E-state index contributed by atoms with van der Waals surface area (Å²) in [5.41, 5.74) is 1.66. The Morgan fingerprint density at radius 3 is 1.92 bits per heavy atom. The first-order valence-corrected chi connectivity index (χ1v) is 13.8. The van der Waals surface area contributed by atoms with Crippen molar-refractivity contribution in [2.24, 2.45) is 0 Å². The number of aliphatic carboxylic acids is 1. The molecular weight excluding hydrogens is 518 g/mol. The number of carboxylic acid groups (broad SMARTS) is 1. The first-order valence-electron chi connectivity index (χ1n) is 11.9. The second-order valence-electron chi connectivity index (χ2n) is 8.51. The summed E-state index contributed by atoms with van der Waals surface area (Å²) in [6, 6.07) is 29.4. The smallest absolute Gasteiger partial charge is 0.326 e.